The van der Waals surface area contributed by atoms with Crippen LogP contribution >= 0.6 is 22.9 Å². The lowest BCUT2D eigenvalue weighted by molar-refractivity contribution is -0.0165. The molecular formula is C20H15ClN2OS. The minimum absolute atomic E-state index is 0.143. The van der Waals surface area contributed by atoms with Crippen molar-refractivity contribution < 1.29 is 4.74 Å². The Morgan fingerprint density at radius 3 is 2.76 bits per heavy atom. The molecule has 2 aliphatic rings. The molecule has 0 fully saturated rings. The van der Waals surface area contributed by atoms with Crippen LogP contribution in [0.5, 0.6) is 5.75 Å². The first-order chi connectivity index (χ1) is 12.3. The zero-order valence-electron chi connectivity index (χ0n) is 13.3. The minimum Gasteiger partial charge on any atom is -0.464 e. The zero-order chi connectivity index (χ0) is 16.8. The van der Waals surface area contributed by atoms with Crippen molar-refractivity contribution in [1.29, 1.82) is 0 Å². The molecule has 3 aromatic rings. The molecule has 124 valence electrons. The van der Waals surface area contributed by atoms with E-state index in [9.17, 15) is 0 Å². The van der Waals surface area contributed by atoms with E-state index in [0.717, 1.165) is 38.9 Å². The van der Waals surface area contributed by atoms with Crippen molar-refractivity contribution in [1.82, 2.24) is 5.01 Å². The van der Waals surface area contributed by atoms with Gasteiger partial charge in [0.15, 0.2) is 0 Å². The molecule has 0 saturated heterocycles. The fraction of sp³-hybridized carbons (Fsp3) is 0.150. The van der Waals surface area contributed by atoms with E-state index in [-0.39, 0.29) is 12.3 Å². The van der Waals surface area contributed by atoms with Crippen molar-refractivity contribution >= 4 is 28.6 Å². The molecule has 0 amide bonds. The van der Waals surface area contributed by atoms with Gasteiger partial charge < -0.3 is 4.74 Å². The molecule has 1 aromatic heterocycles. The van der Waals surface area contributed by atoms with Crippen molar-refractivity contribution in [2.24, 2.45) is 5.10 Å². The molecule has 2 aromatic carbocycles. The highest BCUT2D eigenvalue weighted by Gasteiger charge is 2.41. The van der Waals surface area contributed by atoms with Gasteiger partial charge in [0.05, 0.1) is 16.6 Å². The molecule has 0 bridgehead atoms. The summed E-state index contributed by atoms with van der Waals surface area (Å²) in [7, 11) is 0. The van der Waals surface area contributed by atoms with Crippen molar-refractivity contribution in [2.75, 3.05) is 0 Å². The number of fused-ring (bicyclic) bond motifs is 3. The second-order valence-electron chi connectivity index (χ2n) is 6.18. The van der Waals surface area contributed by atoms with Crippen LogP contribution in [0.15, 0.2) is 71.1 Å². The van der Waals surface area contributed by atoms with Gasteiger partial charge in [0.1, 0.15) is 5.75 Å². The molecule has 2 aliphatic heterocycles. The molecule has 0 aliphatic carbocycles. The van der Waals surface area contributed by atoms with Crippen LogP contribution in [0.25, 0.3) is 0 Å². The number of halogens is 1. The molecular weight excluding hydrogens is 352 g/mol. The van der Waals surface area contributed by atoms with Gasteiger partial charge in [0.2, 0.25) is 6.23 Å². The highest BCUT2D eigenvalue weighted by Crippen LogP contribution is 2.48. The van der Waals surface area contributed by atoms with Crippen LogP contribution in [-0.2, 0) is 0 Å². The summed E-state index contributed by atoms with van der Waals surface area (Å²) in [6, 6.07) is 20.5. The average Bonchev–Trinajstić information content (AvgIpc) is 3.32. The van der Waals surface area contributed by atoms with E-state index >= 15 is 0 Å². The fourth-order valence-corrected chi connectivity index (χ4v) is 4.41. The van der Waals surface area contributed by atoms with Gasteiger partial charge in [-0.15, -0.1) is 11.3 Å². The highest BCUT2D eigenvalue weighted by atomic mass is 35.5. The Labute approximate surface area is 155 Å². The Hall–Kier alpha value is -2.30. The first-order valence-corrected chi connectivity index (χ1v) is 9.46. The van der Waals surface area contributed by atoms with Gasteiger partial charge in [-0.3, -0.25) is 0 Å². The van der Waals surface area contributed by atoms with Crippen LogP contribution in [0.3, 0.4) is 0 Å². The lowest BCUT2D eigenvalue weighted by Gasteiger charge is -2.37. The highest BCUT2D eigenvalue weighted by molar-refractivity contribution is 7.10. The number of nitrogens with zero attached hydrogens (tertiary/aromatic N) is 2. The van der Waals surface area contributed by atoms with Gasteiger partial charge in [-0.1, -0.05) is 48.0 Å². The fourth-order valence-electron chi connectivity index (χ4n) is 3.48. The van der Waals surface area contributed by atoms with Crippen LogP contribution < -0.4 is 4.74 Å². The smallest absolute Gasteiger partial charge is 0.222 e. The number of hydrazone groups is 1. The van der Waals surface area contributed by atoms with Crippen molar-refractivity contribution in [2.45, 2.75) is 18.7 Å². The maximum Gasteiger partial charge on any atom is 0.222 e. The first-order valence-electron chi connectivity index (χ1n) is 8.20. The zero-order valence-corrected chi connectivity index (χ0v) is 14.9. The van der Waals surface area contributed by atoms with Crippen LogP contribution in [0.4, 0.5) is 0 Å². The van der Waals surface area contributed by atoms with E-state index in [1.165, 1.54) is 0 Å². The SMILES string of the molecule is Clc1ccc2c(c1)[C@H]1CC(c3ccccc3)=NN1[C@@H](c1cccs1)O2. The molecule has 5 heteroatoms. The van der Waals surface area contributed by atoms with Gasteiger partial charge in [-0.2, -0.15) is 5.10 Å². The van der Waals surface area contributed by atoms with Gasteiger partial charge in [0.25, 0.3) is 0 Å². The molecule has 3 heterocycles. The molecule has 5 rings (SSSR count). The Morgan fingerprint density at radius 2 is 1.96 bits per heavy atom. The molecule has 0 unspecified atom stereocenters. The summed E-state index contributed by atoms with van der Waals surface area (Å²) >= 11 is 7.94. The van der Waals surface area contributed by atoms with Crippen molar-refractivity contribution in [3.63, 3.8) is 0 Å². The maximum atomic E-state index is 6.30. The lowest BCUT2D eigenvalue weighted by Crippen LogP contribution is -2.33. The monoisotopic (exact) mass is 366 g/mol. The molecule has 0 spiro atoms. The Morgan fingerprint density at radius 1 is 1.08 bits per heavy atom. The predicted molar refractivity (Wildman–Crippen MR) is 101 cm³/mol. The first kappa shape index (κ1) is 15.0. The number of hydrogen-bond donors (Lipinski definition) is 0. The minimum atomic E-state index is -0.195. The molecule has 0 saturated carbocycles. The number of rotatable bonds is 2. The number of hydrogen-bond acceptors (Lipinski definition) is 4. The number of benzene rings is 2. The summed E-state index contributed by atoms with van der Waals surface area (Å²) in [6.45, 7) is 0. The van der Waals surface area contributed by atoms with Crippen molar-refractivity contribution in [3.8, 4) is 5.75 Å². The third kappa shape index (κ3) is 2.53. The standard InChI is InChI=1S/C20H15ClN2OS/c21-14-8-9-18-15(11-14)17-12-16(13-5-2-1-3-6-13)22-23(17)20(24-18)19-7-4-10-25-19/h1-11,17,20H,12H2/t17-,20-/m1/s1. The Balaban J connectivity index is 1.61. The third-order valence-electron chi connectivity index (χ3n) is 4.65. The number of ether oxygens (including phenoxy) is 1. The van der Waals surface area contributed by atoms with E-state index in [4.69, 9.17) is 21.4 Å². The van der Waals surface area contributed by atoms with E-state index in [1.807, 2.05) is 42.5 Å². The quantitative estimate of drug-likeness (QED) is 0.586. The second kappa shape index (κ2) is 5.90. The van der Waals surface area contributed by atoms with Gasteiger partial charge in [-0.05, 0) is 35.2 Å². The lowest BCUT2D eigenvalue weighted by atomic mass is 9.96. The summed E-state index contributed by atoms with van der Waals surface area (Å²) in [5.74, 6) is 0.897. The Bertz CT molecular complexity index is 940. The summed E-state index contributed by atoms with van der Waals surface area (Å²) in [4.78, 5) is 1.16. The average molecular weight is 367 g/mol. The summed E-state index contributed by atoms with van der Waals surface area (Å²) in [6.07, 6.45) is 0.655. The van der Waals surface area contributed by atoms with Crippen LogP contribution in [0, 0.1) is 0 Å². The van der Waals surface area contributed by atoms with E-state index < -0.39 is 0 Å². The summed E-state index contributed by atoms with van der Waals surface area (Å²) < 4.78 is 6.30. The summed E-state index contributed by atoms with van der Waals surface area (Å²) in [5.41, 5.74) is 3.35. The Kier molecular flexibility index (Phi) is 3.54. The van der Waals surface area contributed by atoms with Gasteiger partial charge >= 0.3 is 0 Å². The molecule has 3 nitrogen and oxygen atoms in total. The number of thiophene rings is 1. The molecule has 2 atom stereocenters. The van der Waals surface area contributed by atoms with E-state index in [0.29, 0.717) is 0 Å². The summed E-state index contributed by atoms with van der Waals surface area (Å²) in [5, 5.41) is 9.82. The topological polar surface area (TPSA) is 24.8 Å². The van der Waals surface area contributed by atoms with E-state index in [2.05, 4.69) is 28.6 Å². The van der Waals surface area contributed by atoms with Crippen molar-refractivity contribution in [3.05, 3.63) is 87.1 Å². The molecule has 0 N–H and O–H groups in total. The molecule has 0 radical (unpaired) electrons. The van der Waals surface area contributed by atoms with Gasteiger partial charge in [0, 0.05) is 17.0 Å². The third-order valence-corrected chi connectivity index (χ3v) is 5.78. The van der Waals surface area contributed by atoms with Gasteiger partial charge in [-0.25, -0.2) is 5.01 Å². The van der Waals surface area contributed by atoms with Crippen LogP contribution in [0.1, 0.15) is 34.7 Å². The van der Waals surface area contributed by atoms with Crippen LogP contribution in [-0.4, -0.2) is 10.7 Å². The maximum absolute atomic E-state index is 6.30. The predicted octanol–water partition coefficient (Wildman–Crippen LogP) is 5.64. The normalized spacial score (nSPS) is 21.3. The largest absolute Gasteiger partial charge is 0.464 e. The molecule has 25 heavy (non-hydrogen) atoms. The van der Waals surface area contributed by atoms with E-state index in [1.54, 1.807) is 11.3 Å². The van der Waals surface area contributed by atoms with Crippen LogP contribution in [0.2, 0.25) is 5.02 Å². The second-order valence-corrected chi connectivity index (χ2v) is 7.60.